The zero-order valence-corrected chi connectivity index (χ0v) is 16.9. The molecule has 2 heterocycles. The van der Waals surface area contributed by atoms with E-state index in [1.165, 1.54) is 11.0 Å². The number of carbonyl (C=O) groups is 2. The summed E-state index contributed by atoms with van der Waals surface area (Å²) in [6.45, 7) is 7.06. The Balaban J connectivity index is 1.87. The van der Waals surface area contributed by atoms with Gasteiger partial charge in [0.25, 0.3) is 0 Å². The Labute approximate surface area is 168 Å². The van der Waals surface area contributed by atoms with Gasteiger partial charge in [0.2, 0.25) is 17.0 Å². The summed E-state index contributed by atoms with van der Waals surface area (Å²) in [7, 11) is 0. The van der Waals surface area contributed by atoms with Gasteiger partial charge >= 0.3 is 6.18 Å². The van der Waals surface area contributed by atoms with Crippen molar-refractivity contribution < 1.29 is 22.8 Å². The van der Waals surface area contributed by atoms with Crippen molar-refractivity contribution in [3.63, 3.8) is 0 Å². The molecule has 1 aliphatic rings. The van der Waals surface area contributed by atoms with E-state index in [9.17, 15) is 22.8 Å². The molecule has 1 aromatic carbocycles. The van der Waals surface area contributed by atoms with Crippen LogP contribution in [0.25, 0.3) is 0 Å². The minimum absolute atomic E-state index is 0.0545. The second kappa shape index (κ2) is 7.32. The molecule has 1 unspecified atom stereocenters. The van der Waals surface area contributed by atoms with Crippen LogP contribution in [0.5, 0.6) is 0 Å². The Morgan fingerprint density at radius 3 is 2.59 bits per heavy atom. The minimum atomic E-state index is -4.56. The third-order valence-corrected chi connectivity index (χ3v) is 5.18. The van der Waals surface area contributed by atoms with Gasteiger partial charge in [-0.15, -0.1) is 5.10 Å². The Bertz CT molecular complexity index is 953. The minimum Gasteiger partial charge on any atom is -0.323 e. The van der Waals surface area contributed by atoms with E-state index in [1.54, 1.807) is 11.6 Å². The highest BCUT2D eigenvalue weighted by molar-refractivity contribution is 8.00. The molecule has 0 fully saturated rings. The van der Waals surface area contributed by atoms with Crippen LogP contribution in [0.1, 0.15) is 33.3 Å². The summed E-state index contributed by atoms with van der Waals surface area (Å²) in [6.07, 6.45) is -4.56. The fourth-order valence-electron chi connectivity index (χ4n) is 2.76. The molecule has 0 saturated heterocycles. The molecule has 2 aromatic rings. The van der Waals surface area contributed by atoms with Crippen LogP contribution < -0.4 is 10.2 Å². The number of tetrazole rings is 1. The molecule has 1 aliphatic heterocycles. The summed E-state index contributed by atoms with van der Waals surface area (Å²) in [5.74, 6) is -1.00. The monoisotopic (exact) mass is 428 g/mol. The zero-order valence-electron chi connectivity index (χ0n) is 16.1. The van der Waals surface area contributed by atoms with Gasteiger partial charge in [-0.25, -0.2) is 4.68 Å². The van der Waals surface area contributed by atoms with Crippen molar-refractivity contribution >= 4 is 35.0 Å². The number of hydrogen-bond donors (Lipinski definition) is 1. The van der Waals surface area contributed by atoms with Crippen molar-refractivity contribution in [2.45, 2.75) is 49.8 Å². The van der Waals surface area contributed by atoms with Gasteiger partial charge in [0.1, 0.15) is 6.54 Å². The van der Waals surface area contributed by atoms with E-state index < -0.39 is 34.3 Å². The van der Waals surface area contributed by atoms with E-state index in [2.05, 4.69) is 20.8 Å². The number of aromatic nitrogens is 4. The lowest BCUT2D eigenvalue weighted by molar-refractivity contribution is -0.137. The first-order valence-electron chi connectivity index (χ1n) is 8.66. The second-order valence-electron chi connectivity index (χ2n) is 7.51. The molecule has 0 aliphatic carbocycles. The Kier molecular flexibility index (Phi) is 5.32. The number of hydrogen-bond acceptors (Lipinski definition) is 6. The number of anilines is 2. The molecule has 0 radical (unpaired) electrons. The van der Waals surface area contributed by atoms with Gasteiger partial charge in [0, 0.05) is 0 Å². The van der Waals surface area contributed by atoms with Gasteiger partial charge < -0.3 is 5.32 Å². The van der Waals surface area contributed by atoms with Crippen LogP contribution in [0.2, 0.25) is 0 Å². The van der Waals surface area contributed by atoms with E-state index in [0.717, 1.165) is 23.9 Å². The van der Waals surface area contributed by atoms with E-state index in [-0.39, 0.29) is 17.9 Å². The van der Waals surface area contributed by atoms with Crippen LogP contribution in [0.4, 0.5) is 24.5 Å². The maximum atomic E-state index is 13.0. The summed E-state index contributed by atoms with van der Waals surface area (Å²) in [5, 5.41) is 13.7. The average molecular weight is 428 g/mol. The molecule has 8 nitrogen and oxygen atoms in total. The van der Waals surface area contributed by atoms with Crippen LogP contribution in [-0.4, -0.2) is 43.8 Å². The second-order valence-corrected chi connectivity index (χ2v) is 8.81. The lowest BCUT2D eigenvalue weighted by atomic mass is 10.1. The van der Waals surface area contributed by atoms with Crippen molar-refractivity contribution in [2.24, 2.45) is 0 Å². The molecule has 0 bridgehead atoms. The lowest BCUT2D eigenvalue weighted by Gasteiger charge is -2.31. The summed E-state index contributed by atoms with van der Waals surface area (Å²) in [5.41, 5.74) is -1.15. The maximum Gasteiger partial charge on any atom is 0.416 e. The first-order valence-corrected chi connectivity index (χ1v) is 9.54. The maximum absolute atomic E-state index is 13.0. The zero-order chi connectivity index (χ0) is 21.6. The number of halogens is 3. The molecule has 3 rings (SSSR count). The topological polar surface area (TPSA) is 93.0 Å². The molecule has 0 spiro atoms. The number of fused-ring (bicyclic) bond motifs is 1. The first kappa shape index (κ1) is 21.1. The van der Waals surface area contributed by atoms with Gasteiger partial charge in [0.05, 0.1) is 27.7 Å². The standard InChI is InChI=1S/C17H19F3N6O2S/c1-9(29-15-22-23-24-26(15)16(2,3)4)14(28)25-8-13(27)21-11-7-10(17(18,19)20)5-6-12(11)25/h5-7,9H,8H2,1-4H3,(H,21,27). The number of rotatable bonds is 3. The van der Waals surface area contributed by atoms with Gasteiger partial charge in [-0.3, -0.25) is 14.5 Å². The fraction of sp³-hybridized carbons (Fsp3) is 0.471. The number of benzene rings is 1. The number of thioether (sulfide) groups is 1. The van der Waals surface area contributed by atoms with Crippen LogP contribution >= 0.6 is 11.8 Å². The fourth-order valence-corrected chi connectivity index (χ4v) is 3.80. The average Bonchev–Trinajstić information content (AvgIpc) is 3.07. The first-order chi connectivity index (χ1) is 13.4. The smallest absolute Gasteiger partial charge is 0.323 e. The summed E-state index contributed by atoms with van der Waals surface area (Å²) >= 11 is 1.11. The van der Waals surface area contributed by atoms with Crippen LogP contribution in [-0.2, 0) is 21.3 Å². The predicted octanol–water partition coefficient (Wildman–Crippen LogP) is 2.91. The van der Waals surface area contributed by atoms with Crippen molar-refractivity contribution in [1.82, 2.24) is 20.2 Å². The van der Waals surface area contributed by atoms with E-state index in [0.29, 0.717) is 5.16 Å². The number of alkyl halides is 3. The Hall–Kier alpha value is -2.63. The third kappa shape index (κ3) is 4.36. The highest BCUT2D eigenvalue weighted by Gasteiger charge is 2.35. The van der Waals surface area contributed by atoms with Crippen molar-refractivity contribution in [3.05, 3.63) is 23.8 Å². The van der Waals surface area contributed by atoms with Crippen molar-refractivity contribution in [1.29, 1.82) is 0 Å². The molecule has 1 N–H and O–H groups in total. The lowest BCUT2D eigenvalue weighted by Crippen LogP contribution is -2.45. The number of nitrogens with zero attached hydrogens (tertiary/aromatic N) is 5. The van der Waals surface area contributed by atoms with Crippen molar-refractivity contribution in [2.75, 3.05) is 16.8 Å². The van der Waals surface area contributed by atoms with Gasteiger partial charge in [-0.1, -0.05) is 11.8 Å². The van der Waals surface area contributed by atoms with Crippen LogP contribution in [0.15, 0.2) is 23.4 Å². The van der Waals surface area contributed by atoms with Crippen LogP contribution in [0, 0.1) is 0 Å². The molecule has 2 amide bonds. The molecule has 29 heavy (non-hydrogen) atoms. The Morgan fingerprint density at radius 2 is 1.97 bits per heavy atom. The molecule has 12 heteroatoms. The van der Waals surface area contributed by atoms with E-state index >= 15 is 0 Å². The molecule has 0 saturated carbocycles. The number of nitrogens with one attached hydrogen (secondary N) is 1. The molecular weight excluding hydrogens is 409 g/mol. The third-order valence-electron chi connectivity index (χ3n) is 4.16. The largest absolute Gasteiger partial charge is 0.416 e. The van der Waals surface area contributed by atoms with E-state index in [1.807, 2.05) is 20.8 Å². The highest BCUT2D eigenvalue weighted by Crippen LogP contribution is 2.38. The van der Waals surface area contributed by atoms with Gasteiger partial charge in [-0.05, 0) is 56.3 Å². The normalized spacial score (nSPS) is 15.7. The number of amides is 2. The quantitative estimate of drug-likeness (QED) is 0.756. The molecular formula is C17H19F3N6O2S. The predicted molar refractivity (Wildman–Crippen MR) is 101 cm³/mol. The number of carbonyl (C=O) groups excluding carboxylic acids is 2. The summed E-state index contributed by atoms with van der Waals surface area (Å²) in [4.78, 5) is 26.2. The van der Waals surface area contributed by atoms with Gasteiger partial charge in [-0.2, -0.15) is 13.2 Å². The summed E-state index contributed by atoms with van der Waals surface area (Å²) in [6, 6.07) is 2.89. The van der Waals surface area contributed by atoms with E-state index in [4.69, 9.17) is 0 Å². The van der Waals surface area contributed by atoms with Crippen LogP contribution in [0.3, 0.4) is 0 Å². The Morgan fingerprint density at radius 1 is 1.28 bits per heavy atom. The van der Waals surface area contributed by atoms with Crippen molar-refractivity contribution in [3.8, 4) is 0 Å². The van der Waals surface area contributed by atoms with Gasteiger partial charge in [0.15, 0.2) is 0 Å². The molecule has 1 atom stereocenters. The summed E-state index contributed by atoms with van der Waals surface area (Å²) < 4.78 is 40.5. The SMILES string of the molecule is CC(Sc1nnnn1C(C)(C)C)C(=O)N1CC(=O)Nc2cc(C(F)(F)F)ccc21. The molecule has 156 valence electrons. The highest BCUT2D eigenvalue weighted by atomic mass is 32.2. The molecule has 1 aromatic heterocycles.